The number of amides is 2. The van der Waals surface area contributed by atoms with Gasteiger partial charge in [-0.15, -0.1) is 0 Å². The van der Waals surface area contributed by atoms with Crippen LogP contribution in [0.3, 0.4) is 0 Å². The molecule has 0 aliphatic heterocycles. The summed E-state index contributed by atoms with van der Waals surface area (Å²) in [6, 6.07) is 17.1. The van der Waals surface area contributed by atoms with Gasteiger partial charge in [0, 0.05) is 16.3 Å². The second-order valence-corrected chi connectivity index (χ2v) is 8.02. The lowest BCUT2D eigenvalue weighted by molar-refractivity contribution is -0.118. The molecule has 0 fully saturated rings. The lowest BCUT2D eigenvalue weighted by Crippen LogP contribution is -2.20. The summed E-state index contributed by atoms with van der Waals surface area (Å²) in [5.41, 5.74) is 5.14. The average Bonchev–Trinajstić information content (AvgIpc) is 2.79. The Balaban J connectivity index is 1.65. The third kappa shape index (κ3) is 7.23. The number of carbonyl (C=O) groups is 2. The van der Waals surface area contributed by atoms with E-state index in [4.69, 9.17) is 32.7 Å². The Morgan fingerprint density at radius 3 is 2.50 bits per heavy atom. The van der Waals surface area contributed by atoms with Gasteiger partial charge < -0.3 is 14.8 Å². The van der Waals surface area contributed by atoms with Gasteiger partial charge in [-0.1, -0.05) is 35.3 Å². The van der Waals surface area contributed by atoms with Gasteiger partial charge in [-0.25, -0.2) is 5.43 Å². The van der Waals surface area contributed by atoms with Gasteiger partial charge in [-0.2, -0.15) is 5.10 Å². The highest BCUT2D eigenvalue weighted by Crippen LogP contribution is 2.36. The van der Waals surface area contributed by atoms with E-state index in [-0.39, 0.29) is 29.2 Å². The SMILES string of the molecule is CCOc1cc(/C=N/NC(=O)c2ccc(Cl)cc2)cc(Cl)c1OCC(=O)Nc1cccc(C)c1. The van der Waals surface area contributed by atoms with Crippen LogP contribution in [0.15, 0.2) is 65.8 Å². The van der Waals surface area contributed by atoms with Crippen molar-refractivity contribution >= 4 is 46.9 Å². The molecule has 176 valence electrons. The first-order valence-corrected chi connectivity index (χ1v) is 11.2. The van der Waals surface area contributed by atoms with Gasteiger partial charge in [0.05, 0.1) is 17.8 Å². The Hall–Kier alpha value is -3.55. The molecule has 7 nitrogen and oxygen atoms in total. The summed E-state index contributed by atoms with van der Waals surface area (Å²) in [5.74, 6) is -0.127. The number of hydrogen-bond donors (Lipinski definition) is 2. The Morgan fingerprint density at radius 1 is 1.03 bits per heavy atom. The van der Waals surface area contributed by atoms with Crippen LogP contribution in [-0.2, 0) is 4.79 Å². The number of rotatable bonds is 9. The van der Waals surface area contributed by atoms with Gasteiger partial charge in [0.25, 0.3) is 11.8 Å². The van der Waals surface area contributed by atoms with Crippen LogP contribution in [0.1, 0.15) is 28.4 Å². The maximum atomic E-state index is 12.3. The topological polar surface area (TPSA) is 89.0 Å². The number of anilines is 1. The summed E-state index contributed by atoms with van der Waals surface area (Å²) in [6.45, 7) is 3.86. The largest absolute Gasteiger partial charge is 0.490 e. The van der Waals surface area contributed by atoms with Crippen LogP contribution in [0.4, 0.5) is 5.69 Å². The molecule has 0 bridgehead atoms. The first kappa shape index (κ1) is 25.1. The van der Waals surface area contributed by atoms with Gasteiger partial charge in [0.2, 0.25) is 0 Å². The van der Waals surface area contributed by atoms with Gasteiger partial charge >= 0.3 is 0 Å². The molecule has 0 aromatic heterocycles. The quantitative estimate of drug-likeness (QED) is 0.301. The minimum absolute atomic E-state index is 0.236. The molecule has 3 rings (SSSR count). The number of halogens is 2. The molecule has 0 aliphatic rings. The van der Waals surface area contributed by atoms with Crippen molar-refractivity contribution in [2.24, 2.45) is 5.10 Å². The maximum absolute atomic E-state index is 12.3. The molecule has 0 radical (unpaired) electrons. The molecular weight excluding hydrogens is 477 g/mol. The minimum Gasteiger partial charge on any atom is -0.490 e. The van der Waals surface area contributed by atoms with Crippen LogP contribution >= 0.6 is 23.2 Å². The van der Waals surface area contributed by atoms with E-state index >= 15 is 0 Å². The standard InChI is InChI=1S/C25H23Cl2N3O4/c1-3-33-22-13-17(14-28-30-25(32)18-7-9-19(26)10-8-18)12-21(27)24(22)34-15-23(31)29-20-6-4-5-16(2)11-20/h4-14H,3,15H2,1-2H3,(H,29,31)(H,30,32)/b28-14+. The Bertz CT molecular complexity index is 1200. The molecule has 0 heterocycles. The van der Waals surface area contributed by atoms with Crippen molar-refractivity contribution in [3.63, 3.8) is 0 Å². The molecule has 2 amide bonds. The van der Waals surface area contributed by atoms with Crippen molar-refractivity contribution < 1.29 is 19.1 Å². The number of nitrogens with one attached hydrogen (secondary N) is 2. The number of carbonyl (C=O) groups excluding carboxylic acids is 2. The summed E-state index contributed by atoms with van der Waals surface area (Å²) in [7, 11) is 0. The van der Waals surface area contributed by atoms with E-state index in [1.54, 1.807) is 42.5 Å². The van der Waals surface area contributed by atoms with Crippen LogP contribution in [0.2, 0.25) is 10.0 Å². The molecule has 9 heteroatoms. The van der Waals surface area contributed by atoms with Crippen LogP contribution < -0.4 is 20.2 Å². The van der Waals surface area contributed by atoms with E-state index in [0.717, 1.165) is 5.56 Å². The lowest BCUT2D eigenvalue weighted by Gasteiger charge is -2.14. The molecule has 3 aromatic carbocycles. The summed E-state index contributed by atoms with van der Waals surface area (Å²) in [5, 5.41) is 7.51. The number of hydrazone groups is 1. The Labute approximate surface area is 207 Å². The first-order valence-electron chi connectivity index (χ1n) is 10.4. The Kier molecular flexibility index (Phi) is 8.90. The van der Waals surface area contributed by atoms with Crippen molar-refractivity contribution in [3.8, 4) is 11.5 Å². The van der Waals surface area contributed by atoms with E-state index in [1.165, 1.54) is 6.21 Å². The highest BCUT2D eigenvalue weighted by molar-refractivity contribution is 6.32. The van der Waals surface area contributed by atoms with Gasteiger partial charge in [0.15, 0.2) is 18.1 Å². The number of benzene rings is 3. The predicted molar refractivity (Wildman–Crippen MR) is 134 cm³/mol. The molecule has 0 unspecified atom stereocenters. The van der Waals surface area contributed by atoms with Crippen LogP contribution in [0.5, 0.6) is 11.5 Å². The molecule has 3 aromatic rings. The highest BCUT2D eigenvalue weighted by atomic mass is 35.5. The van der Waals surface area contributed by atoms with E-state index in [1.807, 2.05) is 32.0 Å². The van der Waals surface area contributed by atoms with Gasteiger partial charge in [0.1, 0.15) is 0 Å². The third-order valence-corrected chi connectivity index (χ3v) is 5.00. The summed E-state index contributed by atoms with van der Waals surface area (Å²) in [6.07, 6.45) is 1.43. The van der Waals surface area contributed by atoms with Crippen molar-refractivity contribution in [2.75, 3.05) is 18.5 Å². The Morgan fingerprint density at radius 2 is 1.79 bits per heavy atom. The van der Waals surface area contributed by atoms with E-state index in [0.29, 0.717) is 34.2 Å². The average molecular weight is 500 g/mol. The molecule has 0 aliphatic carbocycles. The monoisotopic (exact) mass is 499 g/mol. The lowest BCUT2D eigenvalue weighted by atomic mass is 10.2. The van der Waals surface area contributed by atoms with Crippen LogP contribution in [0, 0.1) is 6.92 Å². The summed E-state index contributed by atoms with van der Waals surface area (Å²) < 4.78 is 11.3. The molecule has 0 saturated carbocycles. The fourth-order valence-corrected chi connectivity index (χ4v) is 3.35. The van der Waals surface area contributed by atoms with Crippen molar-refractivity contribution in [2.45, 2.75) is 13.8 Å². The zero-order valence-corrected chi connectivity index (χ0v) is 20.1. The van der Waals surface area contributed by atoms with E-state index < -0.39 is 0 Å². The normalized spacial score (nSPS) is 10.7. The fourth-order valence-electron chi connectivity index (χ4n) is 2.95. The third-order valence-electron chi connectivity index (χ3n) is 4.47. The van der Waals surface area contributed by atoms with E-state index in [2.05, 4.69) is 15.8 Å². The summed E-state index contributed by atoms with van der Waals surface area (Å²) >= 11 is 12.2. The van der Waals surface area contributed by atoms with Crippen molar-refractivity contribution in [3.05, 3.63) is 87.4 Å². The van der Waals surface area contributed by atoms with Crippen molar-refractivity contribution in [1.82, 2.24) is 5.43 Å². The summed E-state index contributed by atoms with van der Waals surface area (Å²) in [4.78, 5) is 24.5. The molecule has 0 spiro atoms. The second kappa shape index (κ2) is 12.1. The zero-order valence-electron chi connectivity index (χ0n) is 18.6. The predicted octanol–water partition coefficient (Wildman–Crippen LogP) is 5.48. The molecular formula is C25H23Cl2N3O4. The maximum Gasteiger partial charge on any atom is 0.271 e. The second-order valence-electron chi connectivity index (χ2n) is 7.18. The van der Waals surface area contributed by atoms with E-state index in [9.17, 15) is 9.59 Å². The molecule has 0 atom stereocenters. The van der Waals surface area contributed by atoms with Crippen LogP contribution in [-0.4, -0.2) is 31.2 Å². The van der Waals surface area contributed by atoms with Crippen molar-refractivity contribution in [1.29, 1.82) is 0 Å². The minimum atomic E-state index is -0.386. The zero-order chi connectivity index (χ0) is 24.5. The fraction of sp³-hybridized carbons (Fsp3) is 0.160. The number of aryl methyl sites for hydroxylation is 1. The highest BCUT2D eigenvalue weighted by Gasteiger charge is 2.14. The van der Waals surface area contributed by atoms with Gasteiger partial charge in [-0.3, -0.25) is 9.59 Å². The number of hydrogen-bond acceptors (Lipinski definition) is 5. The molecule has 2 N–H and O–H groups in total. The van der Waals surface area contributed by atoms with Gasteiger partial charge in [-0.05, 0) is 73.5 Å². The smallest absolute Gasteiger partial charge is 0.271 e. The number of nitrogens with zero attached hydrogens (tertiary/aromatic N) is 1. The molecule has 34 heavy (non-hydrogen) atoms. The molecule has 0 saturated heterocycles. The van der Waals surface area contributed by atoms with Crippen LogP contribution in [0.25, 0.3) is 0 Å². The number of ether oxygens (including phenoxy) is 2. The first-order chi connectivity index (χ1) is 16.4.